The molecule has 1 N–H and O–H groups in total. The molecule has 9 heteroatoms. The van der Waals surface area contributed by atoms with Gasteiger partial charge in [0.2, 0.25) is 5.13 Å². The molecule has 132 valence electrons. The number of hydrogen-bond acceptors (Lipinski definition) is 7. The van der Waals surface area contributed by atoms with Crippen molar-refractivity contribution in [3.05, 3.63) is 74.8 Å². The van der Waals surface area contributed by atoms with Gasteiger partial charge in [0.05, 0.1) is 10.7 Å². The number of nitro groups is 1. The monoisotopic (exact) mass is 386 g/mol. The average Bonchev–Trinajstić information content (AvgIpc) is 3.08. The number of nitro benzene ring substituents is 1. The molecule has 0 saturated heterocycles. The van der Waals surface area contributed by atoms with Crippen molar-refractivity contribution in [1.82, 2.24) is 10.2 Å². The van der Waals surface area contributed by atoms with Gasteiger partial charge in [-0.3, -0.25) is 20.2 Å². The second-order valence-electron chi connectivity index (χ2n) is 5.26. The second-order valence-corrected chi connectivity index (χ2v) is 7.37. The summed E-state index contributed by atoms with van der Waals surface area (Å²) in [4.78, 5) is 24.0. The second kappa shape index (κ2) is 8.07. The zero-order chi connectivity index (χ0) is 18.5. The average molecular weight is 386 g/mol. The van der Waals surface area contributed by atoms with Crippen LogP contribution in [-0.4, -0.2) is 21.0 Å². The number of aromatic nitrogens is 2. The fourth-order valence-electron chi connectivity index (χ4n) is 2.26. The fraction of sp³-hybridized carbons (Fsp3) is 0.118. The minimum Gasteiger partial charge on any atom is -0.296 e. The molecule has 0 saturated carbocycles. The fourth-order valence-corrected chi connectivity index (χ4v) is 3.90. The largest absolute Gasteiger partial charge is 0.296 e. The zero-order valence-electron chi connectivity index (χ0n) is 13.7. The lowest BCUT2D eigenvalue weighted by atomic mass is 10.1. The summed E-state index contributed by atoms with van der Waals surface area (Å²) in [5.74, 6) is 0.206. The molecule has 0 atom stereocenters. The minimum atomic E-state index is -0.504. The van der Waals surface area contributed by atoms with E-state index in [0.29, 0.717) is 16.4 Å². The Kier molecular flexibility index (Phi) is 5.59. The summed E-state index contributed by atoms with van der Waals surface area (Å²) < 4.78 is 0. The molecular formula is C17H14N4O3S2. The quantitative estimate of drug-likeness (QED) is 0.385. The van der Waals surface area contributed by atoms with E-state index in [0.717, 1.165) is 9.90 Å². The molecule has 3 aromatic rings. The van der Waals surface area contributed by atoms with Crippen molar-refractivity contribution in [3.63, 3.8) is 0 Å². The van der Waals surface area contributed by atoms with Gasteiger partial charge in [0, 0.05) is 22.1 Å². The third-order valence-corrected chi connectivity index (χ3v) is 5.58. The number of benzene rings is 2. The summed E-state index contributed by atoms with van der Waals surface area (Å²) in [5.41, 5.74) is 0.476. The van der Waals surface area contributed by atoms with Crippen molar-refractivity contribution in [2.45, 2.75) is 17.6 Å². The Balaban J connectivity index is 1.66. The number of thioether (sulfide) groups is 1. The molecule has 0 bridgehead atoms. The maximum atomic E-state index is 12.4. The minimum absolute atomic E-state index is 0.0881. The van der Waals surface area contributed by atoms with Gasteiger partial charge < -0.3 is 0 Å². The van der Waals surface area contributed by atoms with Crippen LogP contribution in [0.25, 0.3) is 0 Å². The van der Waals surface area contributed by atoms with Crippen LogP contribution in [0.3, 0.4) is 0 Å². The van der Waals surface area contributed by atoms with Gasteiger partial charge in [-0.25, -0.2) is 0 Å². The molecule has 7 nitrogen and oxygen atoms in total. The standard InChI is InChI=1S/C17H14N4O3S2/c1-11-13(8-5-9-14(11)21(23)24)16(22)18-17-20-19-15(26-17)10-25-12-6-3-2-4-7-12/h2-9H,10H2,1H3,(H,18,20,22). The molecule has 0 radical (unpaired) electrons. The molecular weight excluding hydrogens is 372 g/mol. The first-order valence-corrected chi connectivity index (χ1v) is 9.40. The lowest BCUT2D eigenvalue weighted by molar-refractivity contribution is -0.385. The van der Waals surface area contributed by atoms with E-state index in [2.05, 4.69) is 15.5 Å². The van der Waals surface area contributed by atoms with Crippen molar-refractivity contribution in [3.8, 4) is 0 Å². The molecule has 1 amide bonds. The van der Waals surface area contributed by atoms with Crippen LogP contribution < -0.4 is 5.32 Å². The highest BCUT2D eigenvalue weighted by molar-refractivity contribution is 7.98. The van der Waals surface area contributed by atoms with Crippen LogP contribution in [0.5, 0.6) is 0 Å². The van der Waals surface area contributed by atoms with Gasteiger partial charge in [0.15, 0.2) is 0 Å². The summed E-state index contributed by atoms with van der Waals surface area (Å²) in [5, 5.41) is 22.8. The molecule has 1 aromatic heterocycles. The highest BCUT2D eigenvalue weighted by atomic mass is 32.2. The van der Waals surface area contributed by atoms with Gasteiger partial charge in [-0.05, 0) is 25.1 Å². The number of anilines is 1. The molecule has 0 unspecified atom stereocenters. The van der Waals surface area contributed by atoms with E-state index in [1.807, 2.05) is 30.3 Å². The molecule has 26 heavy (non-hydrogen) atoms. The lowest BCUT2D eigenvalue weighted by Crippen LogP contribution is -2.14. The smallest absolute Gasteiger partial charge is 0.273 e. The number of hydrogen-bond donors (Lipinski definition) is 1. The van der Waals surface area contributed by atoms with Crippen LogP contribution in [0.4, 0.5) is 10.8 Å². The Morgan fingerprint density at radius 1 is 1.19 bits per heavy atom. The number of carbonyl (C=O) groups is 1. The number of rotatable bonds is 6. The van der Waals surface area contributed by atoms with Crippen molar-refractivity contribution in [1.29, 1.82) is 0 Å². The van der Waals surface area contributed by atoms with Gasteiger partial charge >= 0.3 is 0 Å². The van der Waals surface area contributed by atoms with Crippen molar-refractivity contribution < 1.29 is 9.72 Å². The third kappa shape index (κ3) is 4.24. The normalized spacial score (nSPS) is 10.5. The summed E-state index contributed by atoms with van der Waals surface area (Å²) in [6.45, 7) is 1.55. The Hall–Kier alpha value is -2.78. The highest BCUT2D eigenvalue weighted by Gasteiger charge is 2.19. The summed E-state index contributed by atoms with van der Waals surface area (Å²) in [7, 11) is 0. The van der Waals surface area contributed by atoms with Crippen molar-refractivity contribution >= 4 is 39.8 Å². The van der Waals surface area contributed by atoms with Crippen LogP contribution in [0.15, 0.2) is 53.4 Å². The Morgan fingerprint density at radius 3 is 2.69 bits per heavy atom. The number of nitrogens with zero attached hydrogens (tertiary/aromatic N) is 3. The highest BCUT2D eigenvalue weighted by Crippen LogP contribution is 2.26. The van der Waals surface area contributed by atoms with Crippen LogP contribution in [0.1, 0.15) is 20.9 Å². The topological polar surface area (TPSA) is 98.0 Å². The molecule has 1 heterocycles. The van der Waals surface area contributed by atoms with E-state index >= 15 is 0 Å². The molecule has 0 aliphatic heterocycles. The van der Waals surface area contributed by atoms with Crippen molar-refractivity contribution in [2.75, 3.05) is 5.32 Å². The Labute approximate surface area is 157 Å². The number of carbonyl (C=O) groups excluding carboxylic acids is 1. The van der Waals surface area contributed by atoms with E-state index in [9.17, 15) is 14.9 Å². The zero-order valence-corrected chi connectivity index (χ0v) is 15.3. The number of amides is 1. The van der Waals surface area contributed by atoms with Gasteiger partial charge in [0.25, 0.3) is 11.6 Å². The van der Waals surface area contributed by atoms with Crippen molar-refractivity contribution in [2.24, 2.45) is 0 Å². The van der Waals surface area contributed by atoms with Crippen LogP contribution in [0.2, 0.25) is 0 Å². The van der Waals surface area contributed by atoms with Crippen LogP contribution in [-0.2, 0) is 5.75 Å². The predicted molar refractivity (Wildman–Crippen MR) is 102 cm³/mol. The molecule has 0 spiro atoms. The van der Waals surface area contributed by atoms with Gasteiger partial charge in [-0.2, -0.15) is 0 Å². The molecule has 3 rings (SSSR count). The maximum Gasteiger partial charge on any atom is 0.273 e. The first kappa shape index (κ1) is 18.0. The Bertz CT molecular complexity index is 944. The molecule has 0 fully saturated rings. The van der Waals surface area contributed by atoms with Gasteiger partial charge in [-0.15, -0.1) is 22.0 Å². The Morgan fingerprint density at radius 2 is 1.96 bits per heavy atom. The lowest BCUT2D eigenvalue weighted by Gasteiger charge is -2.05. The molecule has 2 aromatic carbocycles. The number of nitrogens with one attached hydrogen (secondary N) is 1. The van der Waals surface area contributed by atoms with E-state index < -0.39 is 10.8 Å². The SMILES string of the molecule is Cc1c(C(=O)Nc2nnc(CSc3ccccc3)s2)cccc1[N+](=O)[O-]. The first-order chi connectivity index (χ1) is 12.5. The van der Waals surface area contributed by atoms with Crippen LogP contribution >= 0.6 is 23.1 Å². The summed E-state index contributed by atoms with van der Waals surface area (Å²) in [6.07, 6.45) is 0. The molecule has 0 aliphatic rings. The van der Waals surface area contributed by atoms with Gasteiger partial charge in [0.1, 0.15) is 5.01 Å². The van der Waals surface area contributed by atoms with E-state index in [-0.39, 0.29) is 11.3 Å². The van der Waals surface area contributed by atoms with Crippen LogP contribution in [0, 0.1) is 17.0 Å². The summed E-state index contributed by atoms with van der Waals surface area (Å²) >= 11 is 2.91. The van der Waals surface area contributed by atoms with E-state index in [1.165, 1.54) is 23.5 Å². The molecule has 0 aliphatic carbocycles. The maximum absolute atomic E-state index is 12.4. The third-order valence-electron chi connectivity index (χ3n) is 3.54. The first-order valence-electron chi connectivity index (χ1n) is 7.60. The van der Waals surface area contributed by atoms with E-state index in [4.69, 9.17) is 0 Å². The van der Waals surface area contributed by atoms with Gasteiger partial charge in [-0.1, -0.05) is 35.6 Å². The van der Waals surface area contributed by atoms with E-state index in [1.54, 1.807) is 24.8 Å². The summed E-state index contributed by atoms with van der Waals surface area (Å²) in [6, 6.07) is 14.3. The predicted octanol–water partition coefficient (Wildman–Crippen LogP) is 4.30.